The average molecular weight is 563 g/mol. The molecule has 212 valence electrons. The van der Waals surface area contributed by atoms with Gasteiger partial charge in [0, 0.05) is 53.3 Å². The molecular weight excluding hydrogens is 534 g/mol. The maximum atomic E-state index is 14.1. The second-order valence-electron chi connectivity index (χ2n) is 9.04. The number of hydrogen-bond donors (Lipinski definition) is 3. The Balaban J connectivity index is 1.69. The van der Waals surface area contributed by atoms with Crippen molar-refractivity contribution in [1.82, 2.24) is 10.9 Å². The van der Waals surface area contributed by atoms with E-state index in [0.717, 1.165) is 12.1 Å². The van der Waals surface area contributed by atoms with Gasteiger partial charge in [-0.3, -0.25) is 10.2 Å². The standard InChI is InChI=1S/C29H28F2N6O4/c1-2-15-29(28(39)36-33-18-22-23(30)8-5-9-24(22)31)26(21-7-3-4-10-25(21)35-37-32)41-27(34-29)19-11-13-20(14-12-19)40-17-6-16-38/h2-5,7-14,26,33,38H,1,6,15-18H2,(H,36,39)/t26-,29-/m0/s1. The summed E-state index contributed by atoms with van der Waals surface area (Å²) >= 11 is 0. The van der Waals surface area contributed by atoms with E-state index >= 15 is 0 Å². The predicted molar refractivity (Wildman–Crippen MR) is 148 cm³/mol. The number of aliphatic imine (C=N–C) groups is 1. The van der Waals surface area contributed by atoms with Crippen molar-refractivity contribution >= 4 is 17.5 Å². The summed E-state index contributed by atoms with van der Waals surface area (Å²) in [5.74, 6) is -1.46. The molecule has 10 nitrogen and oxygen atoms in total. The Kier molecular flexibility index (Phi) is 9.64. The number of azide groups is 1. The SMILES string of the molecule is C=CC[C@]1(C(=O)NNCc2c(F)cccc2F)N=C(c2ccc(OCCCO)cc2)O[C@H]1c1ccccc1N=[N+]=[N-]. The first kappa shape index (κ1) is 29.2. The van der Waals surface area contributed by atoms with E-state index < -0.39 is 29.2 Å². The Bertz CT molecular complexity index is 1460. The number of amides is 1. The van der Waals surface area contributed by atoms with Gasteiger partial charge in [-0.05, 0) is 41.9 Å². The van der Waals surface area contributed by atoms with E-state index in [4.69, 9.17) is 25.1 Å². The number of carbonyl (C=O) groups is 1. The van der Waals surface area contributed by atoms with E-state index in [9.17, 15) is 13.6 Å². The number of hydrogen-bond acceptors (Lipinski definition) is 7. The first-order valence-corrected chi connectivity index (χ1v) is 12.7. The highest BCUT2D eigenvalue weighted by Crippen LogP contribution is 2.45. The van der Waals surface area contributed by atoms with Crippen LogP contribution >= 0.6 is 0 Å². The van der Waals surface area contributed by atoms with Crippen LogP contribution in [0.4, 0.5) is 14.5 Å². The maximum absolute atomic E-state index is 14.1. The lowest BCUT2D eigenvalue weighted by molar-refractivity contribution is -0.129. The quantitative estimate of drug-likeness (QED) is 0.0646. The van der Waals surface area contributed by atoms with E-state index in [-0.39, 0.29) is 36.7 Å². The molecule has 0 fully saturated rings. The fraction of sp³-hybridized carbons (Fsp3) is 0.241. The molecule has 0 aromatic heterocycles. The van der Waals surface area contributed by atoms with Gasteiger partial charge in [-0.1, -0.05) is 41.5 Å². The molecule has 0 saturated carbocycles. The molecule has 12 heteroatoms. The number of aliphatic hydroxyl groups excluding tert-OH is 1. The molecule has 1 aliphatic rings. The molecular formula is C29H28F2N6O4. The van der Waals surface area contributed by atoms with Crippen molar-refractivity contribution in [1.29, 1.82) is 0 Å². The van der Waals surface area contributed by atoms with Gasteiger partial charge in [0.2, 0.25) is 5.90 Å². The molecule has 1 heterocycles. The zero-order valence-corrected chi connectivity index (χ0v) is 22.0. The smallest absolute Gasteiger partial charge is 0.266 e. The highest BCUT2D eigenvalue weighted by molar-refractivity contribution is 6.01. The van der Waals surface area contributed by atoms with Gasteiger partial charge in [0.05, 0.1) is 6.61 Å². The largest absolute Gasteiger partial charge is 0.494 e. The van der Waals surface area contributed by atoms with Crippen molar-refractivity contribution in [3.63, 3.8) is 0 Å². The van der Waals surface area contributed by atoms with Gasteiger partial charge in [0.1, 0.15) is 17.4 Å². The summed E-state index contributed by atoms with van der Waals surface area (Å²) in [6, 6.07) is 17.0. The summed E-state index contributed by atoms with van der Waals surface area (Å²) in [4.78, 5) is 21.4. The topological polar surface area (TPSA) is 141 Å². The van der Waals surface area contributed by atoms with E-state index in [0.29, 0.717) is 29.9 Å². The minimum absolute atomic E-state index is 0.00962. The van der Waals surface area contributed by atoms with Crippen LogP contribution in [0, 0.1) is 11.6 Å². The van der Waals surface area contributed by atoms with Crippen molar-refractivity contribution in [2.45, 2.75) is 31.0 Å². The molecule has 3 N–H and O–H groups in total. The van der Waals surface area contributed by atoms with Crippen LogP contribution in [0.3, 0.4) is 0 Å². The minimum Gasteiger partial charge on any atom is -0.494 e. The Morgan fingerprint density at radius 3 is 2.59 bits per heavy atom. The first-order valence-electron chi connectivity index (χ1n) is 12.7. The summed E-state index contributed by atoms with van der Waals surface area (Å²) < 4.78 is 40.1. The fourth-order valence-corrected chi connectivity index (χ4v) is 4.38. The lowest BCUT2D eigenvalue weighted by Crippen LogP contribution is -2.52. The number of nitrogens with zero attached hydrogens (tertiary/aromatic N) is 4. The molecule has 0 unspecified atom stereocenters. The highest BCUT2D eigenvalue weighted by atomic mass is 19.1. The first-order chi connectivity index (χ1) is 19.9. The molecule has 0 spiro atoms. The van der Waals surface area contributed by atoms with E-state index in [2.05, 4.69) is 27.5 Å². The lowest BCUT2D eigenvalue weighted by Gasteiger charge is -2.30. The molecule has 41 heavy (non-hydrogen) atoms. The van der Waals surface area contributed by atoms with Crippen LogP contribution in [0.15, 0.2) is 89.5 Å². The Morgan fingerprint density at radius 2 is 1.90 bits per heavy atom. The van der Waals surface area contributed by atoms with Crippen molar-refractivity contribution < 1.29 is 28.2 Å². The zero-order chi connectivity index (χ0) is 29.2. The Hall–Kier alpha value is -4.77. The van der Waals surface area contributed by atoms with Gasteiger partial charge in [-0.25, -0.2) is 19.2 Å². The number of nitrogens with one attached hydrogen (secondary N) is 2. The third-order valence-corrected chi connectivity index (χ3v) is 6.39. The number of rotatable bonds is 13. The molecule has 1 amide bonds. The van der Waals surface area contributed by atoms with Gasteiger partial charge < -0.3 is 14.6 Å². The molecule has 0 saturated heterocycles. The second kappa shape index (κ2) is 13.5. The fourth-order valence-electron chi connectivity index (χ4n) is 4.38. The summed E-state index contributed by atoms with van der Waals surface area (Å²) in [6.45, 7) is 3.82. The Labute approximate surface area is 234 Å². The lowest BCUT2D eigenvalue weighted by atomic mass is 9.84. The van der Waals surface area contributed by atoms with E-state index in [1.807, 2.05) is 0 Å². The second-order valence-corrected chi connectivity index (χ2v) is 9.04. The number of aliphatic hydroxyl groups is 1. The third kappa shape index (κ3) is 6.52. The molecule has 0 aliphatic carbocycles. The van der Waals surface area contributed by atoms with Gasteiger partial charge in [0.25, 0.3) is 5.91 Å². The monoisotopic (exact) mass is 562 g/mol. The van der Waals surface area contributed by atoms with Crippen LogP contribution in [0.5, 0.6) is 5.75 Å². The molecule has 1 aliphatic heterocycles. The third-order valence-electron chi connectivity index (χ3n) is 6.39. The summed E-state index contributed by atoms with van der Waals surface area (Å²) in [5.41, 5.74) is 13.5. The molecule has 0 radical (unpaired) electrons. The molecule has 4 rings (SSSR count). The summed E-state index contributed by atoms with van der Waals surface area (Å²) in [7, 11) is 0. The van der Waals surface area contributed by atoms with Gasteiger partial charge in [-0.15, -0.1) is 6.58 Å². The van der Waals surface area contributed by atoms with Gasteiger partial charge in [0.15, 0.2) is 11.6 Å². The van der Waals surface area contributed by atoms with Crippen LogP contribution in [0.1, 0.15) is 35.6 Å². The normalized spacial score (nSPS) is 17.6. The number of carbonyl (C=O) groups excluding carboxylic acids is 1. The van der Waals surface area contributed by atoms with Crippen molar-refractivity contribution in [2.75, 3.05) is 13.2 Å². The maximum Gasteiger partial charge on any atom is 0.266 e. The molecule has 3 aromatic carbocycles. The van der Waals surface area contributed by atoms with E-state index in [1.54, 1.807) is 48.5 Å². The molecule has 3 aromatic rings. The number of ether oxygens (including phenoxy) is 2. The number of hydrazine groups is 1. The van der Waals surface area contributed by atoms with Crippen LogP contribution in [0.25, 0.3) is 10.4 Å². The van der Waals surface area contributed by atoms with Gasteiger partial charge >= 0.3 is 0 Å². The van der Waals surface area contributed by atoms with Crippen LogP contribution in [0.2, 0.25) is 0 Å². The van der Waals surface area contributed by atoms with Crippen LogP contribution in [-0.4, -0.2) is 35.7 Å². The average Bonchev–Trinajstić information content (AvgIpc) is 3.36. The van der Waals surface area contributed by atoms with Crippen LogP contribution < -0.4 is 15.6 Å². The summed E-state index contributed by atoms with van der Waals surface area (Å²) in [6.07, 6.45) is 0.952. The number of benzene rings is 3. The molecule has 0 bridgehead atoms. The van der Waals surface area contributed by atoms with E-state index in [1.165, 1.54) is 12.1 Å². The molecule has 2 atom stereocenters. The van der Waals surface area contributed by atoms with Gasteiger partial charge in [-0.2, -0.15) is 0 Å². The summed E-state index contributed by atoms with van der Waals surface area (Å²) in [5, 5.41) is 12.7. The highest BCUT2D eigenvalue weighted by Gasteiger charge is 2.53. The predicted octanol–water partition coefficient (Wildman–Crippen LogP) is 5.32. The Morgan fingerprint density at radius 1 is 1.17 bits per heavy atom. The van der Waals surface area contributed by atoms with Crippen molar-refractivity contribution in [3.8, 4) is 5.75 Å². The minimum atomic E-state index is -1.63. The van der Waals surface area contributed by atoms with Crippen molar-refractivity contribution in [3.05, 3.63) is 118 Å². The van der Waals surface area contributed by atoms with Crippen LogP contribution in [-0.2, 0) is 16.1 Å². The zero-order valence-electron chi connectivity index (χ0n) is 22.0. The van der Waals surface area contributed by atoms with Crippen molar-refractivity contribution in [2.24, 2.45) is 10.1 Å². The number of halogens is 2.